The summed E-state index contributed by atoms with van der Waals surface area (Å²) in [5.41, 5.74) is 1.37. The van der Waals surface area contributed by atoms with Crippen molar-refractivity contribution < 1.29 is 24.7 Å². The van der Waals surface area contributed by atoms with Crippen LogP contribution in [0.25, 0.3) is 0 Å². The Bertz CT molecular complexity index is 1760. The van der Waals surface area contributed by atoms with Crippen LogP contribution in [0.5, 0.6) is 0 Å². The maximum Gasteiger partial charge on any atom is 0.314 e. The SMILES string of the molecule is CC(C)(C)C[Si](C)(C)O[Si](C)(C)C.CC(C)(C)C[Si](C)(C)O[Si](C)(C)O[Si](C)(C)C.CC(C)(C[Si](C)(C)C)C1CCCCC1.CC(C)C[Si](C)(C)O[Si](C)(C)C.CC(C)C[Si](C)(O[Si](C)(C)C)O[Si](C)(C)C.CCC[Si]([Si](C)(C)C)([Si](C)(C)C)[Si](C)(C)C. The van der Waals surface area contributed by atoms with Gasteiger partial charge in [-0.1, -0.05) is 206 Å². The van der Waals surface area contributed by atoms with Crippen molar-refractivity contribution in [1.82, 2.24) is 0 Å². The lowest BCUT2D eigenvalue weighted by molar-refractivity contribution is 0.178. The maximum absolute atomic E-state index is 6.47. The standard InChI is InChI=1S/C13H28Si.C12H32O2Si3.C12H34Si4.C11H30O2Si3.C10H26OSi2.C9H24OSi2/c1-13(2,11-14(3,4)5)12-9-7-6-8-10-12;1-12(2,3)11-16(7,8)14-17(9,10)13-15(4,5)6;1-11-12-16(13(2,3)4,14(5,6)7)15(8,9)10;1-11(2)10-16(9,12-14(3,4)5)13-15(6,7)8;1-10(2,3)9-13(7,8)11-12(4,5)6;1-9(2)8-12(6,7)10-11(3,4)5/h12H,6-11H2,1-5H3;11H2,1-10H3;11-12H2,1-10H3;11H,10H2,1-9H3;9H2,1-8H3;9H,8H2,1-7H3. The fourth-order valence-corrected chi connectivity index (χ4v) is 166. The molecule has 0 N–H and O–H groups in total. The molecule has 0 heterocycles. The molecule has 0 aromatic carbocycles. The highest BCUT2D eigenvalue weighted by Crippen LogP contribution is 2.44. The molecule has 1 rings (SSSR count). The van der Waals surface area contributed by atoms with Gasteiger partial charge >= 0.3 is 17.1 Å². The first-order valence-electron chi connectivity index (χ1n) is 35.8. The first-order chi connectivity index (χ1) is 37.6. The maximum atomic E-state index is 6.47. The fraction of sp³-hybridized carbons (Fsp3) is 1.00. The van der Waals surface area contributed by atoms with Gasteiger partial charge in [0.25, 0.3) is 0 Å². The van der Waals surface area contributed by atoms with Gasteiger partial charge in [-0.05, 0) is 228 Å². The second-order valence-electron chi connectivity index (χ2n) is 43.1. The van der Waals surface area contributed by atoms with Crippen molar-refractivity contribution in [3.63, 3.8) is 0 Å². The van der Waals surface area contributed by atoms with E-state index in [1.54, 1.807) is 6.04 Å². The predicted octanol–water partition coefficient (Wildman–Crippen LogP) is 27.0. The molecule has 0 aromatic heterocycles. The Morgan fingerprint density at radius 3 is 0.852 bits per heavy atom. The molecular weight excluding hydrogens is 1320 g/mol. The van der Waals surface area contributed by atoms with Crippen LogP contribution in [-0.4, -0.2) is 121 Å². The van der Waals surface area contributed by atoms with Crippen LogP contribution in [0.3, 0.4) is 0 Å². The largest absolute Gasteiger partial charge is 0.456 e. The molecule has 0 unspecified atom stereocenters. The van der Waals surface area contributed by atoms with E-state index in [-0.39, 0.29) is 0 Å². The molecule has 0 aliphatic heterocycles. The van der Waals surface area contributed by atoms with E-state index in [1.807, 2.05) is 0 Å². The zero-order valence-electron chi connectivity index (χ0n) is 70.7. The van der Waals surface area contributed by atoms with Crippen LogP contribution in [0.4, 0.5) is 0 Å². The Kier molecular flexibility index (Phi) is 42.4. The highest BCUT2D eigenvalue weighted by atomic mass is 29.9. The van der Waals surface area contributed by atoms with Gasteiger partial charge in [-0.15, -0.1) is 0 Å². The van der Waals surface area contributed by atoms with Gasteiger partial charge < -0.3 is 24.7 Å². The van der Waals surface area contributed by atoms with E-state index in [0.717, 1.165) is 17.9 Å². The van der Waals surface area contributed by atoms with Crippen molar-refractivity contribution in [3.8, 4) is 0 Å². The second-order valence-corrected chi connectivity index (χ2v) is 133. The lowest BCUT2D eigenvalue weighted by Crippen LogP contribution is -2.82. The minimum Gasteiger partial charge on any atom is -0.456 e. The Labute approximate surface area is 575 Å². The summed E-state index contributed by atoms with van der Waals surface area (Å²) in [6.07, 6.45) is 8.89. The Hall–Kier alpha value is 3.01. The minimum atomic E-state index is -1.96. The Balaban J connectivity index is -0.000000314. The first-order valence-corrected chi connectivity index (χ1v) is 87.0. The third kappa shape index (κ3) is 55.0. The molecule has 0 atom stereocenters. The van der Waals surface area contributed by atoms with Gasteiger partial charge in [0.15, 0.2) is 66.5 Å². The summed E-state index contributed by atoms with van der Waals surface area (Å²) in [5.74, 6) is 2.45. The zero-order chi connectivity index (χ0) is 72.5. The van der Waals surface area contributed by atoms with Gasteiger partial charge in [0.05, 0.1) is 0 Å². The van der Waals surface area contributed by atoms with Crippen LogP contribution >= 0.6 is 0 Å². The minimum absolute atomic E-state index is 0.347. The summed E-state index contributed by atoms with van der Waals surface area (Å²) in [6, 6.07) is 7.98. The van der Waals surface area contributed by atoms with E-state index >= 15 is 0 Å². The number of hydrogen-bond donors (Lipinski definition) is 0. The Morgan fingerprint density at radius 1 is 0.341 bits per heavy atom. The van der Waals surface area contributed by atoms with Crippen LogP contribution in [0, 0.1) is 34.0 Å². The van der Waals surface area contributed by atoms with Crippen molar-refractivity contribution in [2.75, 3.05) is 0 Å². The van der Waals surface area contributed by atoms with Crippen molar-refractivity contribution in [1.29, 1.82) is 0 Å². The average molecular weight is 1500 g/mol. The van der Waals surface area contributed by atoms with Crippen molar-refractivity contribution >= 4 is 121 Å². The van der Waals surface area contributed by atoms with Crippen LogP contribution in [0.2, 0.25) is 272 Å². The molecule has 538 valence electrons. The molecule has 0 amide bonds. The van der Waals surface area contributed by atoms with E-state index < -0.39 is 121 Å². The molecule has 0 spiro atoms. The van der Waals surface area contributed by atoms with Gasteiger partial charge in [0.1, 0.15) is 0 Å². The van der Waals surface area contributed by atoms with E-state index in [2.05, 4.69) is 326 Å². The smallest absolute Gasteiger partial charge is 0.314 e. The molecule has 1 fully saturated rings. The third-order valence-corrected chi connectivity index (χ3v) is 125. The highest BCUT2D eigenvalue weighted by molar-refractivity contribution is 7.89. The highest BCUT2D eigenvalue weighted by Gasteiger charge is 2.60. The van der Waals surface area contributed by atoms with Crippen LogP contribution < -0.4 is 0 Å². The van der Waals surface area contributed by atoms with E-state index in [4.69, 9.17) is 24.7 Å². The number of hydrogen-bond acceptors (Lipinski definition) is 6. The van der Waals surface area contributed by atoms with Gasteiger partial charge in [-0.25, -0.2) is 0 Å². The predicted molar refractivity (Wildman–Crippen MR) is 452 cm³/mol. The summed E-state index contributed by atoms with van der Waals surface area (Å²) < 4.78 is 38.0. The van der Waals surface area contributed by atoms with Crippen LogP contribution in [0.1, 0.15) is 129 Å². The monoisotopic (exact) mass is 1490 g/mol. The topological polar surface area (TPSA) is 55.4 Å². The van der Waals surface area contributed by atoms with E-state index in [0.29, 0.717) is 22.2 Å². The van der Waals surface area contributed by atoms with Gasteiger partial charge in [0, 0.05) is 37.5 Å². The number of rotatable bonds is 26. The van der Waals surface area contributed by atoms with E-state index in [9.17, 15) is 0 Å². The molecule has 0 bridgehead atoms. The fourth-order valence-electron chi connectivity index (χ4n) is 17.1. The molecule has 6 nitrogen and oxygen atoms in total. The lowest BCUT2D eigenvalue weighted by Gasteiger charge is -2.57. The molecule has 0 aromatic rings. The molecule has 1 aliphatic carbocycles. The molecule has 1 saturated carbocycles. The first kappa shape index (κ1) is 99.7. The summed E-state index contributed by atoms with van der Waals surface area (Å²) in [5, 5.41) is 0. The quantitative estimate of drug-likeness (QED) is 0.0805. The normalized spacial score (nSPS) is 15.9. The van der Waals surface area contributed by atoms with Gasteiger partial charge in [-0.3, -0.25) is 0 Å². The van der Waals surface area contributed by atoms with Gasteiger partial charge in [0.2, 0.25) is 0 Å². The molecule has 0 radical (unpaired) electrons. The zero-order valence-corrected chi connectivity index (χ0v) is 85.7. The molecule has 21 heteroatoms. The van der Waals surface area contributed by atoms with Crippen molar-refractivity contribution in [2.24, 2.45) is 34.0 Å². The lowest BCUT2D eigenvalue weighted by atomic mass is 9.72. The third-order valence-electron chi connectivity index (χ3n) is 15.0. The molecule has 88 heavy (non-hydrogen) atoms. The molecule has 0 saturated heterocycles. The molecular formula is C67H174O6Si15. The van der Waals surface area contributed by atoms with E-state index in [1.165, 1.54) is 62.7 Å². The summed E-state index contributed by atoms with van der Waals surface area (Å²) in [7, 11) is -19.2. The van der Waals surface area contributed by atoms with Gasteiger partial charge in [-0.2, -0.15) is 0 Å². The summed E-state index contributed by atoms with van der Waals surface area (Å²) in [6.45, 7) is 116. The van der Waals surface area contributed by atoms with Crippen LogP contribution in [0.15, 0.2) is 0 Å². The van der Waals surface area contributed by atoms with Crippen molar-refractivity contribution in [3.05, 3.63) is 0 Å². The summed E-state index contributed by atoms with van der Waals surface area (Å²) in [4.78, 5) is 0. The van der Waals surface area contributed by atoms with Crippen molar-refractivity contribution in [2.45, 2.75) is 400 Å². The average Bonchev–Trinajstić information content (AvgIpc) is 3.08. The summed E-state index contributed by atoms with van der Waals surface area (Å²) >= 11 is 0. The second kappa shape index (κ2) is 37.4. The Morgan fingerprint density at radius 2 is 0.625 bits per heavy atom. The molecule has 1 aliphatic rings. The van der Waals surface area contributed by atoms with Crippen LogP contribution in [-0.2, 0) is 24.7 Å².